The van der Waals surface area contributed by atoms with Crippen molar-refractivity contribution in [1.29, 1.82) is 0 Å². The zero-order chi connectivity index (χ0) is 14.0. The Kier molecular flexibility index (Phi) is 4.38. The van der Waals surface area contributed by atoms with Gasteiger partial charge in [-0.1, -0.05) is 12.8 Å². The van der Waals surface area contributed by atoms with Crippen molar-refractivity contribution in [2.45, 2.75) is 50.7 Å². The molecule has 0 bridgehead atoms. The van der Waals surface area contributed by atoms with Crippen molar-refractivity contribution in [3.05, 3.63) is 0 Å². The molecule has 1 heterocycles. The number of aliphatic carboxylic acids is 1. The van der Waals surface area contributed by atoms with Crippen molar-refractivity contribution in [3.63, 3.8) is 0 Å². The van der Waals surface area contributed by atoms with E-state index in [1.807, 2.05) is 0 Å². The van der Waals surface area contributed by atoms with Crippen molar-refractivity contribution in [3.8, 4) is 0 Å². The van der Waals surface area contributed by atoms with Crippen LogP contribution in [-0.4, -0.2) is 41.3 Å². The third-order valence-electron chi connectivity index (χ3n) is 4.43. The third kappa shape index (κ3) is 3.41. The highest BCUT2D eigenvalue weighted by atomic mass is 19.4. The maximum atomic E-state index is 12.8. The van der Waals surface area contributed by atoms with Crippen LogP contribution in [0.25, 0.3) is 0 Å². The van der Waals surface area contributed by atoms with E-state index in [2.05, 4.69) is 0 Å². The minimum atomic E-state index is -4.16. The lowest BCUT2D eigenvalue weighted by Crippen LogP contribution is -2.51. The number of rotatable bonds is 2. The number of hydrogen-bond acceptors (Lipinski definition) is 2. The van der Waals surface area contributed by atoms with Gasteiger partial charge in [0.2, 0.25) is 0 Å². The summed E-state index contributed by atoms with van der Waals surface area (Å²) in [5, 5.41) is 9.22. The van der Waals surface area contributed by atoms with Crippen LogP contribution >= 0.6 is 0 Å². The summed E-state index contributed by atoms with van der Waals surface area (Å²) in [7, 11) is 0. The second kappa shape index (κ2) is 5.69. The van der Waals surface area contributed by atoms with E-state index in [4.69, 9.17) is 0 Å². The molecular formula is C13H20F3NO2. The molecule has 0 aromatic carbocycles. The van der Waals surface area contributed by atoms with Gasteiger partial charge in [-0.2, -0.15) is 13.2 Å². The first kappa shape index (κ1) is 14.6. The third-order valence-corrected chi connectivity index (χ3v) is 4.43. The van der Waals surface area contributed by atoms with Gasteiger partial charge in [-0.15, -0.1) is 0 Å². The van der Waals surface area contributed by atoms with Crippen LogP contribution in [0.5, 0.6) is 0 Å². The van der Waals surface area contributed by atoms with Crippen LogP contribution in [0.3, 0.4) is 0 Å². The molecule has 1 N–H and O–H groups in total. The van der Waals surface area contributed by atoms with Crippen LogP contribution in [0.1, 0.15) is 38.5 Å². The van der Waals surface area contributed by atoms with E-state index in [1.165, 1.54) is 0 Å². The molecule has 0 amide bonds. The van der Waals surface area contributed by atoms with Crippen LogP contribution in [-0.2, 0) is 4.79 Å². The van der Waals surface area contributed by atoms with Gasteiger partial charge in [-0.3, -0.25) is 9.69 Å². The van der Waals surface area contributed by atoms with E-state index >= 15 is 0 Å². The van der Waals surface area contributed by atoms with E-state index in [0.29, 0.717) is 25.8 Å². The molecule has 1 aliphatic heterocycles. The zero-order valence-electron chi connectivity index (χ0n) is 10.8. The van der Waals surface area contributed by atoms with Gasteiger partial charge in [0.15, 0.2) is 0 Å². The second-order valence-electron chi connectivity index (χ2n) is 5.67. The van der Waals surface area contributed by atoms with E-state index in [9.17, 15) is 23.1 Å². The zero-order valence-corrected chi connectivity index (χ0v) is 10.8. The fourth-order valence-electron chi connectivity index (χ4n) is 3.41. The highest BCUT2D eigenvalue weighted by Gasteiger charge is 2.44. The Balaban J connectivity index is 2.05. The number of hydrogen-bond donors (Lipinski definition) is 1. The van der Waals surface area contributed by atoms with E-state index in [1.54, 1.807) is 4.90 Å². The fourth-order valence-corrected chi connectivity index (χ4v) is 3.41. The highest BCUT2D eigenvalue weighted by Crippen LogP contribution is 2.37. The first-order valence-corrected chi connectivity index (χ1v) is 6.93. The van der Waals surface area contributed by atoms with Gasteiger partial charge in [-0.25, -0.2) is 0 Å². The lowest BCUT2D eigenvalue weighted by molar-refractivity contribution is -0.190. The van der Waals surface area contributed by atoms with Gasteiger partial charge in [-0.05, 0) is 32.2 Å². The number of nitrogens with zero attached hydrogens (tertiary/aromatic N) is 1. The van der Waals surface area contributed by atoms with Gasteiger partial charge in [0.1, 0.15) is 0 Å². The smallest absolute Gasteiger partial charge is 0.393 e. The lowest BCUT2D eigenvalue weighted by atomic mass is 9.82. The largest absolute Gasteiger partial charge is 0.481 e. The standard InChI is InChI=1S/C13H20F3NO2/c14-13(15,16)9-4-3-7-17(8-9)11-6-2-1-5-10(11)12(18)19/h9-11H,1-8H2,(H,18,19). The number of carboxylic acid groups (broad SMARTS) is 1. The Morgan fingerprint density at radius 1 is 1.11 bits per heavy atom. The molecule has 2 aliphatic rings. The van der Waals surface area contributed by atoms with E-state index < -0.39 is 24.0 Å². The van der Waals surface area contributed by atoms with Crippen molar-refractivity contribution in [2.75, 3.05) is 13.1 Å². The second-order valence-corrected chi connectivity index (χ2v) is 5.67. The average Bonchev–Trinajstić information content (AvgIpc) is 2.38. The molecule has 0 aromatic rings. The summed E-state index contributed by atoms with van der Waals surface area (Å²) >= 11 is 0. The van der Waals surface area contributed by atoms with Crippen LogP contribution < -0.4 is 0 Å². The lowest BCUT2D eigenvalue weighted by Gasteiger charge is -2.42. The molecular weight excluding hydrogens is 259 g/mol. The number of halogens is 3. The molecule has 6 heteroatoms. The van der Waals surface area contributed by atoms with Gasteiger partial charge in [0, 0.05) is 12.6 Å². The molecule has 2 fully saturated rings. The predicted molar refractivity (Wildman–Crippen MR) is 63.7 cm³/mol. The van der Waals surface area contributed by atoms with Crippen LogP contribution in [0.2, 0.25) is 0 Å². The fraction of sp³-hybridized carbons (Fsp3) is 0.923. The SMILES string of the molecule is O=C(O)C1CCCCC1N1CCCC(C(F)(F)F)C1. The summed E-state index contributed by atoms with van der Waals surface area (Å²) in [6.45, 7) is 0.568. The Hall–Kier alpha value is -0.780. The molecule has 0 spiro atoms. The monoisotopic (exact) mass is 279 g/mol. The van der Waals surface area contributed by atoms with Crippen LogP contribution in [0.4, 0.5) is 13.2 Å². The van der Waals surface area contributed by atoms with Crippen LogP contribution in [0, 0.1) is 11.8 Å². The molecule has 3 atom stereocenters. The number of likely N-dealkylation sites (tertiary alicyclic amines) is 1. The van der Waals surface area contributed by atoms with Crippen LogP contribution in [0.15, 0.2) is 0 Å². The first-order chi connectivity index (χ1) is 8.89. The van der Waals surface area contributed by atoms with Gasteiger partial charge in [0.25, 0.3) is 0 Å². The minimum Gasteiger partial charge on any atom is -0.481 e. The molecule has 110 valence electrons. The molecule has 2 rings (SSSR count). The average molecular weight is 279 g/mol. The number of piperidine rings is 1. The van der Waals surface area contributed by atoms with Gasteiger partial charge in [0.05, 0.1) is 11.8 Å². The number of alkyl halides is 3. The summed E-state index contributed by atoms with van der Waals surface area (Å²) in [5.74, 6) is -2.66. The molecule has 3 nitrogen and oxygen atoms in total. The molecule has 3 unspecified atom stereocenters. The van der Waals surface area contributed by atoms with E-state index in [0.717, 1.165) is 12.8 Å². The first-order valence-electron chi connectivity index (χ1n) is 6.93. The quantitative estimate of drug-likeness (QED) is 0.845. The predicted octanol–water partition coefficient (Wildman–Crippen LogP) is 2.90. The number of carbonyl (C=O) groups is 1. The molecule has 0 aromatic heterocycles. The topological polar surface area (TPSA) is 40.5 Å². The summed E-state index contributed by atoms with van der Waals surface area (Å²) in [6.07, 6.45) is -0.399. The van der Waals surface area contributed by atoms with Crippen molar-refractivity contribution < 1.29 is 23.1 Å². The van der Waals surface area contributed by atoms with Crippen molar-refractivity contribution in [1.82, 2.24) is 4.90 Å². The Morgan fingerprint density at radius 2 is 1.79 bits per heavy atom. The summed E-state index contributed by atoms with van der Waals surface area (Å²) in [4.78, 5) is 13.0. The molecule has 1 saturated heterocycles. The Bertz CT molecular complexity index is 332. The van der Waals surface area contributed by atoms with Gasteiger partial charge < -0.3 is 5.11 Å². The summed E-state index contributed by atoms with van der Waals surface area (Å²) in [5.41, 5.74) is 0. The van der Waals surface area contributed by atoms with Gasteiger partial charge >= 0.3 is 12.1 Å². The highest BCUT2D eigenvalue weighted by molar-refractivity contribution is 5.71. The molecule has 19 heavy (non-hydrogen) atoms. The molecule has 1 saturated carbocycles. The Morgan fingerprint density at radius 3 is 2.42 bits per heavy atom. The van der Waals surface area contributed by atoms with Crippen molar-refractivity contribution >= 4 is 5.97 Å². The molecule has 0 radical (unpaired) electrons. The normalized spacial score (nSPS) is 34.2. The number of carboxylic acids is 1. The summed E-state index contributed by atoms with van der Waals surface area (Å²) < 4.78 is 38.4. The maximum absolute atomic E-state index is 12.8. The minimum absolute atomic E-state index is 0.0298. The molecule has 1 aliphatic carbocycles. The Labute approximate surface area is 110 Å². The van der Waals surface area contributed by atoms with Crippen molar-refractivity contribution in [2.24, 2.45) is 11.8 Å². The summed E-state index contributed by atoms with van der Waals surface area (Å²) in [6, 6.07) is -0.212. The maximum Gasteiger partial charge on any atom is 0.393 e. The van der Waals surface area contributed by atoms with E-state index in [-0.39, 0.29) is 19.0 Å².